The van der Waals surface area contributed by atoms with Crippen molar-refractivity contribution in [3.05, 3.63) is 102 Å². The summed E-state index contributed by atoms with van der Waals surface area (Å²) in [5, 5.41) is 3.87. The van der Waals surface area contributed by atoms with Crippen molar-refractivity contribution in [3.63, 3.8) is 0 Å². The van der Waals surface area contributed by atoms with Gasteiger partial charge in [0, 0.05) is 6.42 Å². The second-order valence-electron chi connectivity index (χ2n) is 7.61. The Morgan fingerprint density at radius 1 is 0.912 bits per heavy atom. The van der Waals surface area contributed by atoms with E-state index < -0.39 is 17.9 Å². The maximum absolute atomic E-state index is 12.9. The third-order valence-corrected chi connectivity index (χ3v) is 5.14. The Kier molecular flexibility index (Phi) is 9.22. The first-order valence-corrected chi connectivity index (χ1v) is 11.0. The molecule has 0 heterocycles. The number of nitrogens with zero attached hydrogens (tertiary/aromatic N) is 1. The van der Waals surface area contributed by atoms with E-state index in [4.69, 9.17) is 15.3 Å². The molecule has 0 aliphatic rings. The molecule has 176 valence electrons. The van der Waals surface area contributed by atoms with Crippen LogP contribution in [0.4, 0.5) is 0 Å². The van der Waals surface area contributed by atoms with Gasteiger partial charge in [0.2, 0.25) is 0 Å². The molecule has 0 atom stereocenters. The SMILES string of the molecule is COC(=O)COc1cccc(CCC/C(N)=N/OC(=O)C(c2ccccc2)c2ccccc2)c1. The van der Waals surface area contributed by atoms with Crippen molar-refractivity contribution < 1.29 is 23.9 Å². The molecule has 2 N–H and O–H groups in total. The molecule has 0 fully saturated rings. The van der Waals surface area contributed by atoms with Gasteiger partial charge < -0.3 is 20.0 Å². The number of hydrogen-bond donors (Lipinski definition) is 1. The summed E-state index contributed by atoms with van der Waals surface area (Å²) in [4.78, 5) is 29.3. The molecule has 0 aromatic heterocycles. The Bertz CT molecular complexity index is 1060. The van der Waals surface area contributed by atoms with E-state index in [9.17, 15) is 9.59 Å². The lowest BCUT2D eigenvalue weighted by Crippen LogP contribution is -2.18. The summed E-state index contributed by atoms with van der Waals surface area (Å²) in [6, 6.07) is 26.3. The maximum Gasteiger partial charge on any atom is 0.346 e. The lowest BCUT2D eigenvalue weighted by Gasteiger charge is -2.15. The standard InChI is InChI=1S/C27H28N2O5/c1-32-25(30)19-33-23-16-8-10-20(18-23)11-9-17-24(28)29-34-27(31)26(21-12-4-2-5-13-21)22-14-6-3-7-15-22/h2-8,10,12-16,18,26H,9,11,17,19H2,1H3,(H2,28,29). The van der Waals surface area contributed by atoms with Gasteiger partial charge in [0.15, 0.2) is 6.61 Å². The molecule has 3 aromatic rings. The number of hydrogen-bond acceptors (Lipinski definition) is 6. The van der Waals surface area contributed by atoms with Gasteiger partial charge in [-0.05, 0) is 41.7 Å². The van der Waals surface area contributed by atoms with Crippen LogP contribution in [0.15, 0.2) is 90.1 Å². The smallest absolute Gasteiger partial charge is 0.346 e. The topological polar surface area (TPSA) is 100 Å². The lowest BCUT2D eigenvalue weighted by atomic mass is 9.91. The van der Waals surface area contributed by atoms with E-state index in [0.717, 1.165) is 23.1 Å². The van der Waals surface area contributed by atoms with Crippen molar-refractivity contribution in [2.75, 3.05) is 13.7 Å². The van der Waals surface area contributed by atoms with E-state index >= 15 is 0 Å². The third kappa shape index (κ3) is 7.48. The molecule has 7 nitrogen and oxygen atoms in total. The van der Waals surface area contributed by atoms with Crippen LogP contribution in [0.5, 0.6) is 5.75 Å². The number of carbonyl (C=O) groups is 2. The van der Waals surface area contributed by atoms with Gasteiger partial charge >= 0.3 is 11.9 Å². The summed E-state index contributed by atoms with van der Waals surface area (Å²) in [6.07, 6.45) is 1.88. The highest BCUT2D eigenvalue weighted by Gasteiger charge is 2.24. The van der Waals surface area contributed by atoms with Crippen LogP contribution in [0.25, 0.3) is 0 Å². The number of nitrogens with two attached hydrogens (primary N) is 1. The largest absolute Gasteiger partial charge is 0.482 e. The molecule has 0 unspecified atom stereocenters. The average Bonchev–Trinajstić information content (AvgIpc) is 2.88. The molecule has 0 radical (unpaired) electrons. The van der Waals surface area contributed by atoms with E-state index in [-0.39, 0.29) is 12.4 Å². The first-order chi connectivity index (χ1) is 16.6. The van der Waals surface area contributed by atoms with Crippen LogP contribution in [0.3, 0.4) is 0 Å². The summed E-state index contributed by atoms with van der Waals surface area (Å²) in [6.45, 7) is -0.141. The number of aryl methyl sites for hydroxylation is 1. The van der Waals surface area contributed by atoms with Crippen molar-refractivity contribution in [2.45, 2.75) is 25.2 Å². The highest BCUT2D eigenvalue weighted by atomic mass is 16.7. The molecule has 0 bridgehead atoms. The van der Waals surface area contributed by atoms with Gasteiger partial charge in [0.1, 0.15) is 17.5 Å². The van der Waals surface area contributed by atoms with Crippen LogP contribution in [-0.2, 0) is 25.6 Å². The molecule has 0 spiro atoms. The predicted octanol–water partition coefficient (Wildman–Crippen LogP) is 4.21. The quantitative estimate of drug-likeness (QED) is 0.151. The van der Waals surface area contributed by atoms with E-state index in [1.807, 2.05) is 78.9 Å². The summed E-state index contributed by atoms with van der Waals surface area (Å²) in [7, 11) is 1.31. The average molecular weight is 461 g/mol. The normalized spacial score (nSPS) is 11.2. The van der Waals surface area contributed by atoms with Crippen molar-refractivity contribution in [1.82, 2.24) is 0 Å². The van der Waals surface area contributed by atoms with Crippen LogP contribution in [0, 0.1) is 0 Å². The molecule has 3 aromatic carbocycles. The van der Waals surface area contributed by atoms with Crippen molar-refractivity contribution in [1.29, 1.82) is 0 Å². The summed E-state index contributed by atoms with van der Waals surface area (Å²) < 4.78 is 9.98. The number of carbonyl (C=O) groups excluding carboxylic acids is 2. The summed E-state index contributed by atoms with van der Waals surface area (Å²) in [5.74, 6) is -0.689. The monoisotopic (exact) mass is 460 g/mol. The fraction of sp³-hybridized carbons (Fsp3) is 0.222. The minimum absolute atomic E-state index is 0.141. The van der Waals surface area contributed by atoms with Crippen LogP contribution in [0.1, 0.15) is 35.4 Å². The van der Waals surface area contributed by atoms with Gasteiger partial charge in [0.25, 0.3) is 0 Å². The molecule has 3 rings (SSSR count). The molecule has 0 aliphatic carbocycles. The number of methoxy groups -OCH3 is 1. The molecule has 7 heteroatoms. The zero-order valence-corrected chi connectivity index (χ0v) is 19.1. The molecule has 34 heavy (non-hydrogen) atoms. The molecule has 0 saturated carbocycles. The Morgan fingerprint density at radius 3 is 2.18 bits per heavy atom. The highest BCUT2D eigenvalue weighted by molar-refractivity contribution is 5.84. The Hall–Kier alpha value is -4.13. The number of rotatable bonds is 11. The molecular weight excluding hydrogens is 432 g/mol. The molecule has 0 aliphatic heterocycles. The molecule has 0 amide bonds. The summed E-state index contributed by atoms with van der Waals surface area (Å²) >= 11 is 0. The van der Waals surface area contributed by atoms with Crippen molar-refractivity contribution in [2.24, 2.45) is 10.9 Å². The number of ether oxygens (including phenoxy) is 2. The minimum atomic E-state index is -0.591. The number of esters is 1. The molecular formula is C27H28N2O5. The predicted molar refractivity (Wildman–Crippen MR) is 129 cm³/mol. The minimum Gasteiger partial charge on any atom is -0.482 e. The Labute approximate surface area is 199 Å². The van der Waals surface area contributed by atoms with Crippen LogP contribution >= 0.6 is 0 Å². The van der Waals surface area contributed by atoms with Crippen molar-refractivity contribution in [3.8, 4) is 5.75 Å². The Morgan fingerprint density at radius 2 is 1.56 bits per heavy atom. The van der Waals surface area contributed by atoms with Crippen LogP contribution < -0.4 is 10.5 Å². The van der Waals surface area contributed by atoms with Crippen molar-refractivity contribution >= 4 is 17.8 Å². The fourth-order valence-electron chi connectivity index (χ4n) is 3.42. The van der Waals surface area contributed by atoms with E-state index in [1.165, 1.54) is 7.11 Å². The highest BCUT2D eigenvalue weighted by Crippen LogP contribution is 2.26. The van der Waals surface area contributed by atoms with Crippen LogP contribution in [0.2, 0.25) is 0 Å². The van der Waals surface area contributed by atoms with Gasteiger partial charge in [-0.2, -0.15) is 0 Å². The second-order valence-corrected chi connectivity index (χ2v) is 7.61. The number of amidine groups is 1. The second kappa shape index (κ2) is 12.8. The third-order valence-electron chi connectivity index (χ3n) is 5.14. The number of benzene rings is 3. The fourth-order valence-corrected chi connectivity index (χ4v) is 3.42. The van der Waals surface area contributed by atoms with Gasteiger partial charge in [-0.15, -0.1) is 0 Å². The maximum atomic E-state index is 12.9. The first kappa shape index (κ1) is 24.5. The van der Waals surface area contributed by atoms with Gasteiger partial charge in [-0.1, -0.05) is 78.0 Å². The Balaban J connectivity index is 1.54. The van der Waals surface area contributed by atoms with Gasteiger partial charge in [-0.25, -0.2) is 9.59 Å². The van der Waals surface area contributed by atoms with Gasteiger partial charge in [0.05, 0.1) is 7.11 Å². The zero-order valence-electron chi connectivity index (χ0n) is 19.1. The van der Waals surface area contributed by atoms with Crippen LogP contribution in [-0.4, -0.2) is 31.5 Å². The van der Waals surface area contributed by atoms with E-state index in [2.05, 4.69) is 9.89 Å². The zero-order chi connectivity index (χ0) is 24.2. The molecule has 0 saturated heterocycles. The lowest BCUT2D eigenvalue weighted by molar-refractivity contribution is -0.144. The van der Waals surface area contributed by atoms with E-state index in [0.29, 0.717) is 18.6 Å². The van der Waals surface area contributed by atoms with E-state index in [1.54, 1.807) is 6.07 Å². The first-order valence-electron chi connectivity index (χ1n) is 11.0. The number of oxime groups is 1. The van der Waals surface area contributed by atoms with Gasteiger partial charge in [-0.3, -0.25) is 0 Å². The summed E-state index contributed by atoms with van der Waals surface area (Å²) in [5.41, 5.74) is 8.66.